The summed E-state index contributed by atoms with van der Waals surface area (Å²) in [5.41, 5.74) is 6.65. The lowest BCUT2D eigenvalue weighted by molar-refractivity contribution is -0.224. The summed E-state index contributed by atoms with van der Waals surface area (Å²) < 4.78 is 0. The van der Waals surface area contributed by atoms with Gasteiger partial charge in [-0.05, 0) is 75.7 Å². The first-order valence-electron chi connectivity index (χ1n) is 15.4. The molecule has 2 aliphatic rings. The summed E-state index contributed by atoms with van der Waals surface area (Å²) in [5.74, 6) is -2.05. The third kappa shape index (κ3) is 9.97. The van der Waals surface area contributed by atoms with Gasteiger partial charge in [-0.15, -0.1) is 0 Å². The number of allylic oxidation sites excluding steroid dienone is 21. The van der Waals surface area contributed by atoms with Gasteiger partial charge in [0.1, 0.15) is 0 Å². The fourth-order valence-corrected chi connectivity index (χ4v) is 5.27. The molecule has 0 saturated heterocycles. The minimum atomic E-state index is -2.07. The molecule has 236 valence electrons. The first-order valence-corrected chi connectivity index (χ1v) is 15.4. The quantitative estimate of drug-likeness (QED) is 0.195. The number of hydrogen-bond donors (Lipinski definition) is 2. The van der Waals surface area contributed by atoms with Crippen LogP contribution in [0.25, 0.3) is 0 Å². The van der Waals surface area contributed by atoms with Crippen molar-refractivity contribution >= 4 is 11.6 Å². The van der Waals surface area contributed by atoms with Gasteiger partial charge < -0.3 is 10.2 Å². The van der Waals surface area contributed by atoms with Gasteiger partial charge in [-0.2, -0.15) is 0 Å². The molecule has 0 bridgehead atoms. The van der Waals surface area contributed by atoms with E-state index in [-0.39, 0.29) is 23.4 Å². The maximum absolute atomic E-state index is 12.2. The summed E-state index contributed by atoms with van der Waals surface area (Å²) in [7, 11) is 0. The summed E-state index contributed by atoms with van der Waals surface area (Å²) in [6.45, 7) is 19.7. The van der Waals surface area contributed by atoms with Crippen molar-refractivity contribution in [3.05, 3.63) is 130 Å². The minimum Gasteiger partial charge on any atom is -0.365 e. The van der Waals surface area contributed by atoms with Gasteiger partial charge in [-0.25, -0.2) is 0 Å². The molecule has 0 atom stereocenters. The molecule has 44 heavy (non-hydrogen) atoms. The van der Waals surface area contributed by atoms with Crippen molar-refractivity contribution in [2.45, 2.75) is 94.3 Å². The monoisotopic (exact) mass is 596 g/mol. The molecule has 0 heterocycles. The van der Waals surface area contributed by atoms with E-state index >= 15 is 0 Å². The van der Waals surface area contributed by atoms with Crippen LogP contribution in [0.5, 0.6) is 0 Å². The Bertz CT molecular complexity index is 1460. The number of hydrogen-bond acceptors (Lipinski definition) is 4. The first-order chi connectivity index (χ1) is 20.4. The van der Waals surface area contributed by atoms with Crippen molar-refractivity contribution in [1.29, 1.82) is 0 Å². The summed E-state index contributed by atoms with van der Waals surface area (Å²) in [6.07, 6.45) is 29.4. The largest absolute Gasteiger partial charge is 0.365 e. The lowest BCUT2D eigenvalue weighted by atomic mass is 9.67. The van der Waals surface area contributed by atoms with Crippen molar-refractivity contribution in [2.75, 3.05) is 0 Å². The molecule has 0 aromatic carbocycles. The topological polar surface area (TPSA) is 74.6 Å². The van der Waals surface area contributed by atoms with Crippen LogP contribution in [0.15, 0.2) is 130 Å². The molecule has 0 amide bonds. The van der Waals surface area contributed by atoms with Crippen LogP contribution in [-0.2, 0) is 9.59 Å². The number of carbonyl (C=O) groups excluding carboxylic acids is 2. The molecule has 0 spiro atoms. The molecule has 0 fully saturated rings. The van der Waals surface area contributed by atoms with Gasteiger partial charge >= 0.3 is 0 Å². The Balaban J connectivity index is 1.96. The fourth-order valence-electron chi connectivity index (χ4n) is 5.27. The zero-order chi connectivity index (χ0) is 33.3. The SMILES string of the molecule is CC1=C(/C=C/C(C)=C/C=C/C(C)=C/C=C/C=C(C)/C=C/C=C(C)/C=C/C2=C(C)C(=O)CC(O)(O)C2(C)C)C(C)(C)CCC1=O. The molecule has 2 N–H and O–H groups in total. The second kappa shape index (κ2) is 15.4. The van der Waals surface area contributed by atoms with E-state index in [9.17, 15) is 19.8 Å². The number of rotatable bonds is 10. The van der Waals surface area contributed by atoms with Crippen LogP contribution in [0.1, 0.15) is 88.5 Å². The number of ketones is 2. The molecule has 0 aliphatic heterocycles. The van der Waals surface area contributed by atoms with Crippen molar-refractivity contribution < 1.29 is 19.8 Å². The van der Waals surface area contributed by atoms with Crippen LogP contribution in [0, 0.1) is 10.8 Å². The molecule has 0 aromatic rings. The lowest BCUT2D eigenvalue weighted by Gasteiger charge is -2.43. The molecule has 0 unspecified atom stereocenters. The smallest absolute Gasteiger partial charge is 0.179 e. The zero-order valence-electron chi connectivity index (χ0n) is 28.4. The molecule has 0 aromatic heterocycles. The Morgan fingerprint density at radius 2 is 1.02 bits per heavy atom. The molecule has 2 rings (SSSR count). The second-order valence-electron chi connectivity index (χ2n) is 13.3. The Hall–Kier alpha value is -3.60. The fraction of sp³-hybridized carbons (Fsp3) is 0.400. The standard InChI is InChI=1S/C40H52O4/c1-28(17-13-19-30(3)21-23-34-32(5)36(41)25-26-38(34,7)8)15-11-12-16-29(2)18-14-20-31(4)22-24-35-33(6)37(42)27-40(43,44)39(35,9)10/h11-24,43-44H,25-27H2,1-10H3/b12-11+,17-13+,18-14+,23-21+,24-22+,28-15+,29-16+,30-19+,31-20+. The average molecular weight is 597 g/mol. The van der Waals surface area contributed by atoms with Crippen LogP contribution in [0.3, 0.4) is 0 Å². The number of Topliss-reactive ketones (excluding diaryl/α,β-unsaturated/α-hetero) is 2. The van der Waals surface area contributed by atoms with Gasteiger partial charge in [0, 0.05) is 11.8 Å². The van der Waals surface area contributed by atoms with Gasteiger partial charge in [-0.1, -0.05) is 135 Å². The predicted octanol–water partition coefficient (Wildman–Crippen LogP) is 9.25. The van der Waals surface area contributed by atoms with Crippen molar-refractivity contribution in [3.8, 4) is 0 Å². The average Bonchev–Trinajstić information content (AvgIpc) is 2.92. The normalized spacial score (nSPS) is 22.4. The predicted molar refractivity (Wildman–Crippen MR) is 185 cm³/mol. The Morgan fingerprint density at radius 3 is 1.52 bits per heavy atom. The van der Waals surface area contributed by atoms with Crippen molar-refractivity contribution in [1.82, 2.24) is 0 Å². The van der Waals surface area contributed by atoms with Crippen LogP contribution in [0.4, 0.5) is 0 Å². The molecule has 2 aliphatic carbocycles. The van der Waals surface area contributed by atoms with Gasteiger partial charge in [-0.3, -0.25) is 9.59 Å². The maximum Gasteiger partial charge on any atom is 0.179 e. The zero-order valence-corrected chi connectivity index (χ0v) is 28.4. The Morgan fingerprint density at radius 1 is 0.614 bits per heavy atom. The van der Waals surface area contributed by atoms with E-state index in [4.69, 9.17) is 0 Å². The highest BCUT2D eigenvalue weighted by molar-refractivity contribution is 5.98. The van der Waals surface area contributed by atoms with Crippen LogP contribution in [-0.4, -0.2) is 27.6 Å². The van der Waals surface area contributed by atoms with E-state index in [1.807, 2.05) is 75.5 Å². The van der Waals surface area contributed by atoms with Crippen LogP contribution >= 0.6 is 0 Å². The van der Waals surface area contributed by atoms with Gasteiger partial charge in [0.15, 0.2) is 17.4 Å². The summed E-state index contributed by atoms with van der Waals surface area (Å²) >= 11 is 0. The summed E-state index contributed by atoms with van der Waals surface area (Å²) in [5, 5.41) is 20.8. The second-order valence-corrected chi connectivity index (χ2v) is 13.3. The van der Waals surface area contributed by atoms with Crippen LogP contribution in [0.2, 0.25) is 0 Å². The highest BCUT2D eigenvalue weighted by atomic mass is 16.5. The molecule has 0 saturated carbocycles. The highest BCUT2D eigenvalue weighted by Crippen LogP contribution is 2.45. The number of aliphatic hydroxyl groups is 2. The first kappa shape index (κ1) is 36.6. The lowest BCUT2D eigenvalue weighted by Crippen LogP contribution is -2.50. The van der Waals surface area contributed by atoms with E-state index in [0.717, 1.165) is 39.9 Å². The minimum absolute atomic E-state index is 0.0244. The van der Waals surface area contributed by atoms with Crippen molar-refractivity contribution in [3.63, 3.8) is 0 Å². The van der Waals surface area contributed by atoms with Crippen molar-refractivity contribution in [2.24, 2.45) is 10.8 Å². The summed E-state index contributed by atoms with van der Waals surface area (Å²) in [4.78, 5) is 24.4. The van der Waals surface area contributed by atoms with Gasteiger partial charge in [0.25, 0.3) is 0 Å². The van der Waals surface area contributed by atoms with Crippen LogP contribution < -0.4 is 0 Å². The number of carbonyl (C=O) groups is 2. The molecule has 4 nitrogen and oxygen atoms in total. The van der Waals surface area contributed by atoms with E-state index in [0.29, 0.717) is 17.6 Å². The summed E-state index contributed by atoms with van der Waals surface area (Å²) in [6, 6.07) is 0. The third-order valence-electron chi connectivity index (χ3n) is 8.72. The molecule has 0 radical (unpaired) electrons. The third-order valence-corrected chi connectivity index (χ3v) is 8.72. The molecule has 4 heteroatoms. The van der Waals surface area contributed by atoms with Gasteiger partial charge in [0.05, 0.1) is 6.42 Å². The Labute approximate surface area is 265 Å². The Kier molecular flexibility index (Phi) is 12.8. The van der Waals surface area contributed by atoms with E-state index in [2.05, 4.69) is 58.1 Å². The van der Waals surface area contributed by atoms with Gasteiger partial charge in [0.2, 0.25) is 0 Å². The van der Waals surface area contributed by atoms with E-state index < -0.39 is 11.2 Å². The van der Waals surface area contributed by atoms with E-state index in [1.165, 1.54) is 0 Å². The highest BCUT2D eigenvalue weighted by Gasteiger charge is 2.49. The molecular weight excluding hydrogens is 544 g/mol. The van der Waals surface area contributed by atoms with E-state index in [1.54, 1.807) is 20.8 Å². The molecular formula is C40H52O4. The maximum atomic E-state index is 12.2.